The molecule has 6 nitrogen and oxygen atoms in total. The number of anilines is 2. The number of likely N-dealkylation sites (N-methyl/N-ethyl adjacent to an activating group) is 1. The zero-order valence-corrected chi connectivity index (χ0v) is 19.4. The van der Waals surface area contributed by atoms with Crippen molar-refractivity contribution in [2.75, 3.05) is 57.9 Å². The molecule has 0 atom stereocenters. The highest BCUT2D eigenvalue weighted by Gasteiger charge is 2.39. The number of methoxy groups -OCH3 is 1. The average molecular weight is 433 g/mol. The third kappa shape index (κ3) is 3.89. The van der Waals surface area contributed by atoms with Crippen molar-refractivity contribution in [2.24, 2.45) is 0 Å². The Bertz CT molecular complexity index is 1090. The van der Waals surface area contributed by atoms with E-state index < -0.39 is 0 Å². The van der Waals surface area contributed by atoms with Gasteiger partial charge in [0, 0.05) is 32.1 Å². The zero-order chi connectivity index (χ0) is 22.2. The Labute approximate surface area is 190 Å². The lowest BCUT2D eigenvalue weighted by molar-refractivity contribution is 0.0259. The van der Waals surface area contributed by atoms with Crippen LogP contribution in [-0.2, 0) is 4.74 Å². The van der Waals surface area contributed by atoms with Crippen LogP contribution >= 0.6 is 0 Å². The van der Waals surface area contributed by atoms with Crippen LogP contribution in [0.1, 0.15) is 12.8 Å². The summed E-state index contributed by atoms with van der Waals surface area (Å²) >= 11 is 0. The first-order chi connectivity index (χ1) is 15.5. The molecule has 5 rings (SSSR count). The summed E-state index contributed by atoms with van der Waals surface area (Å²) < 4.78 is 11.4. The fraction of sp³-hybridized carbons (Fsp3) is 0.423. The summed E-state index contributed by atoms with van der Waals surface area (Å²) in [5, 5.41) is 1.22. The third-order valence-electron chi connectivity index (χ3n) is 6.72. The molecule has 6 heteroatoms. The van der Waals surface area contributed by atoms with E-state index in [1.807, 2.05) is 13.3 Å². The van der Waals surface area contributed by atoms with Crippen LogP contribution in [0.15, 0.2) is 48.7 Å². The van der Waals surface area contributed by atoms with Gasteiger partial charge in [0.25, 0.3) is 0 Å². The minimum Gasteiger partial charge on any atom is -0.492 e. The second-order valence-corrected chi connectivity index (χ2v) is 9.19. The van der Waals surface area contributed by atoms with Crippen LogP contribution in [0.3, 0.4) is 0 Å². The molecule has 3 aromatic rings. The zero-order valence-electron chi connectivity index (χ0n) is 19.4. The topological polar surface area (TPSA) is 41.1 Å². The lowest BCUT2D eigenvalue weighted by Gasteiger charge is -2.41. The highest BCUT2D eigenvalue weighted by molar-refractivity contribution is 6.02. The van der Waals surface area contributed by atoms with Crippen LogP contribution in [0, 0.1) is 0 Å². The molecule has 2 aliphatic rings. The first-order valence-corrected chi connectivity index (χ1v) is 11.3. The first-order valence-electron chi connectivity index (χ1n) is 11.3. The summed E-state index contributed by atoms with van der Waals surface area (Å²) in [7, 11) is 8.07. The van der Waals surface area contributed by atoms with Gasteiger partial charge in [0.1, 0.15) is 12.4 Å². The van der Waals surface area contributed by atoms with E-state index in [1.54, 1.807) is 0 Å². The molecule has 1 aromatic heterocycles. The SMILES string of the molecule is COC1CC(N2CN(C)c3cnc4ccc(-c5ccc(OCCN(C)C)cc5)cc4c32)C1. The molecule has 1 aliphatic heterocycles. The number of rotatable bonds is 7. The van der Waals surface area contributed by atoms with E-state index in [1.165, 1.54) is 27.9 Å². The van der Waals surface area contributed by atoms with Crippen molar-refractivity contribution in [3.8, 4) is 16.9 Å². The molecule has 2 aromatic carbocycles. The Balaban J connectivity index is 1.44. The van der Waals surface area contributed by atoms with E-state index in [9.17, 15) is 0 Å². The Morgan fingerprint density at radius 1 is 1.06 bits per heavy atom. The number of hydrogen-bond donors (Lipinski definition) is 0. The van der Waals surface area contributed by atoms with Gasteiger partial charge in [-0.25, -0.2) is 0 Å². The van der Waals surface area contributed by atoms with Crippen LogP contribution in [0.2, 0.25) is 0 Å². The molecule has 32 heavy (non-hydrogen) atoms. The predicted octanol–water partition coefficient (Wildman–Crippen LogP) is 4.23. The summed E-state index contributed by atoms with van der Waals surface area (Å²) in [5.41, 5.74) is 5.94. The van der Waals surface area contributed by atoms with Crippen molar-refractivity contribution in [3.05, 3.63) is 48.7 Å². The van der Waals surface area contributed by atoms with Crippen molar-refractivity contribution in [3.63, 3.8) is 0 Å². The van der Waals surface area contributed by atoms with E-state index in [2.05, 4.69) is 78.3 Å². The molecule has 1 fully saturated rings. The van der Waals surface area contributed by atoms with Gasteiger partial charge in [0.05, 0.1) is 35.9 Å². The maximum absolute atomic E-state index is 5.85. The van der Waals surface area contributed by atoms with Gasteiger partial charge in [0.2, 0.25) is 0 Å². The van der Waals surface area contributed by atoms with E-state index >= 15 is 0 Å². The van der Waals surface area contributed by atoms with Gasteiger partial charge >= 0.3 is 0 Å². The largest absolute Gasteiger partial charge is 0.492 e. The van der Waals surface area contributed by atoms with Crippen molar-refractivity contribution < 1.29 is 9.47 Å². The second kappa shape index (κ2) is 8.60. The number of benzene rings is 2. The fourth-order valence-electron chi connectivity index (χ4n) is 4.68. The Kier molecular flexibility index (Phi) is 5.66. The first kappa shape index (κ1) is 21.0. The lowest BCUT2D eigenvalue weighted by Crippen LogP contribution is -2.48. The van der Waals surface area contributed by atoms with E-state index in [0.29, 0.717) is 18.8 Å². The minimum atomic E-state index is 0.386. The van der Waals surface area contributed by atoms with Gasteiger partial charge in [-0.3, -0.25) is 4.98 Å². The molecule has 0 unspecified atom stereocenters. The van der Waals surface area contributed by atoms with Crippen molar-refractivity contribution >= 4 is 22.3 Å². The molecule has 1 aliphatic carbocycles. The molecule has 0 amide bonds. The fourth-order valence-corrected chi connectivity index (χ4v) is 4.68. The monoisotopic (exact) mass is 432 g/mol. The van der Waals surface area contributed by atoms with E-state index in [4.69, 9.17) is 14.5 Å². The van der Waals surface area contributed by atoms with E-state index in [0.717, 1.165) is 37.3 Å². The van der Waals surface area contributed by atoms with Gasteiger partial charge in [0.15, 0.2) is 0 Å². The predicted molar refractivity (Wildman–Crippen MR) is 131 cm³/mol. The van der Waals surface area contributed by atoms with Gasteiger partial charge < -0.3 is 24.2 Å². The number of ether oxygens (including phenoxy) is 2. The number of fused-ring (bicyclic) bond motifs is 3. The summed E-state index contributed by atoms with van der Waals surface area (Å²) in [6.07, 6.45) is 4.57. The van der Waals surface area contributed by atoms with Crippen LogP contribution in [0.4, 0.5) is 11.4 Å². The van der Waals surface area contributed by atoms with Crippen LogP contribution in [0.25, 0.3) is 22.0 Å². The summed E-state index contributed by atoms with van der Waals surface area (Å²) in [6, 6.07) is 15.5. The molecule has 2 heterocycles. The molecule has 0 saturated heterocycles. The Morgan fingerprint density at radius 2 is 1.81 bits per heavy atom. The molecule has 0 spiro atoms. The Morgan fingerprint density at radius 3 is 2.53 bits per heavy atom. The van der Waals surface area contributed by atoms with Gasteiger partial charge in [-0.05, 0) is 62.3 Å². The maximum atomic E-state index is 5.85. The van der Waals surface area contributed by atoms with Crippen molar-refractivity contribution in [1.82, 2.24) is 9.88 Å². The molecule has 0 radical (unpaired) electrons. The Hall–Kier alpha value is -2.83. The van der Waals surface area contributed by atoms with Gasteiger partial charge in [-0.2, -0.15) is 0 Å². The molecule has 168 valence electrons. The minimum absolute atomic E-state index is 0.386. The summed E-state index contributed by atoms with van der Waals surface area (Å²) in [6.45, 7) is 2.50. The quantitative estimate of drug-likeness (QED) is 0.556. The van der Waals surface area contributed by atoms with Crippen LogP contribution < -0.4 is 14.5 Å². The molecule has 1 saturated carbocycles. The highest BCUT2D eigenvalue weighted by Crippen LogP contribution is 2.45. The van der Waals surface area contributed by atoms with E-state index in [-0.39, 0.29) is 0 Å². The summed E-state index contributed by atoms with van der Waals surface area (Å²) in [4.78, 5) is 11.7. The standard InChI is InChI=1S/C26H32N4O2/c1-28(2)11-12-32-21-8-5-18(6-9-21)19-7-10-24-23(13-19)26-25(16-27-24)29(3)17-30(26)20-14-22(15-20)31-4/h5-10,13,16,20,22H,11-12,14-15,17H2,1-4H3. The van der Waals surface area contributed by atoms with Gasteiger partial charge in [-0.15, -0.1) is 0 Å². The number of pyridine rings is 1. The third-order valence-corrected chi connectivity index (χ3v) is 6.72. The summed E-state index contributed by atoms with van der Waals surface area (Å²) in [5.74, 6) is 0.907. The van der Waals surface area contributed by atoms with Crippen molar-refractivity contribution in [1.29, 1.82) is 0 Å². The molecular formula is C26H32N4O2. The normalized spacial score (nSPS) is 20.0. The lowest BCUT2D eigenvalue weighted by atomic mass is 9.87. The molecule has 0 N–H and O–H groups in total. The number of nitrogens with zero attached hydrogens (tertiary/aromatic N) is 4. The van der Waals surface area contributed by atoms with Crippen LogP contribution in [-0.4, -0.2) is 70.1 Å². The maximum Gasteiger partial charge on any atom is 0.119 e. The molecular weight excluding hydrogens is 400 g/mol. The highest BCUT2D eigenvalue weighted by atomic mass is 16.5. The smallest absolute Gasteiger partial charge is 0.119 e. The number of hydrogen-bond acceptors (Lipinski definition) is 6. The molecule has 0 bridgehead atoms. The van der Waals surface area contributed by atoms with Crippen molar-refractivity contribution in [2.45, 2.75) is 25.0 Å². The van der Waals surface area contributed by atoms with Crippen LogP contribution in [0.5, 0.6) is 5.75 Å². The number of aromatic nitrogens is 1. The van der Waals surface area contributed by atoms with Gasteiger partial charge in [-0.1, -0.05) is 18.2 Å². The second-order valence-electron chi connectivity index (χ2n) is 9.19. The average Bonchev–Trinajstić information content (AvgIpc) is 3.09.